The van der Waals surface area contributed by atoms with Gasteiger partial charge in [0.15, 0.2) is 5.96 Å². The van der Waals surface area contributed by atoms with Crippen molar-refractivity contribution in [1.82, 2.24) is 14.5 Å². The van der Waals surface area contributed by atoms with Gasteiger partial charge in [-0.3, -0.25) is 4.99 Å². The molecule has 2 rings (SSSR count). The minimum Gasteiger partial charge on any atom is -0.356 e. The summed E-state index contributed by atoms with van der Waals surface area (Å²) in [4.78, 5) is 6.62. The molecule has 0 aromatic carbocycles. The van der Waals surface area contributed by atoms with Gasteiger partial charge in [-0.05, 0) is 37.0 Å². The number of likely N-dealkylation sites (tertiary alicyclic amines) is 1. The first kappa shape index (κ1) is 23.8. The monoisotopic (exact) mass is 508 g/mol. The van der Waals surface area contributed by atoms with Gasteiger partial charge in [-0.25, -0.2) is 8.42 Å². The minimum absolute atomic E-state index is 0. The molecule has 0 aromatic rings. The van der Waals surface area contributed by atoms with E-state index in [4.69, 9.17) is 0 Å². The zero-order valence-electron chi connectivity index (χ0n) is 15.7. The fourth-order valence-electron chi connectivity index (χ4n) is 3.54. The Morgan fingerprint density at radius 1 is 1.31 bits per heavy atom. The number of hydrogen-bond donors (Lipinski definition) is 1. The molecular formula is C16H31F2IN4O2S. The minimum atomic E-state index is -4.44. The van der Waals surface area contributed by atoms with Crippen LogP contribution in [0.2, 0.25) is 0 Å². The molecule has 2 aliphatic heterocycles. The van der Waals surface area contributed by atoms with Crippen LogP contribution in [0.4, 0.5) is 8.78 Å². The molecule has 0 amide bonds. The van der Waals surface area contributed by atoms with Crippen molar-refractivity contribution in [2.45, 2.75) is 45.3 Å². The summed E-state index contributed by atoms with van der Waals surface area (Å²) in [5.41, 5.74) is 0.326. The number of nitrogens with zero attached hydrogens (tertiary/aromatic N) is 3. The Morgan fingerprint density at radius 2 is 1.92 bits per heavy atom. The van der Waals surface area contributed by atoms with Crippen LogP contribution in [-0.4, -0.2) is 69.1 Å². The van der Waals surface area contributed by atoms with Crippen molar-refractivity contribution >= 4 is 40.0 Å². The molecule has 0 bridgehead atoms. The van der Waals surface area contributed by atoms with E-state index in [2.05, 4.69) is 29.1 Å². The van der Waals surface area contributed by atoms with Crippen LogP contribution in [0.5, 0.6) is 0 Å². The molecule has 6 nitrogen and oxygen atoms in total. The summed E-state index contributed by atoms with van der Waals surface area (Å²) in [5, 5.41) is 3.38. The van der Waals surface area contributed by atoms with E-state index in [0.29, 0.717) is 24.8 Å². The second-order valence-electron chi connectivity index (χ2n) is 7.41. The van der Waals surface area contributed by atoms with Gasteiger partial charge in [-0.2, -0.15) is 13.1 Å². The third-order valence-corrected chi connectivity index (χ3v) is 7.17. The van der Waals surface area contributed by atoms with Crippen molar-refractivity contribution in [1.29, 1.82) is 0 Å². The lowest BCUT2D eigenvalue weighted by Crippen LogP contribution is -2.46. The quantitative estimate of drug-likeness (QED) is 0.353. The highest BCUT2D eigenvalue weighted by molar-refractivity contribution is 14.0. The van der Waals surface area contributed by atoms with E-state index < -0.39 is 15.8 Å². The predicted molar refractivity (Wildman–Crippen MR) is 111 cm³/mol. The zero-order chi connectivity index (χ0) is 18.7. The molecule has 0 aromatic heterocycles. The standard InChI is InChI=1S/C16H30F2N4O2S.HI/c1-4-16(2)7-10-21(12-16)15(19-3)20-11-13-5-8-22(9-6-13)25(23,24)14(17)18;/h13-14H,4-12H2,1-3H3,(H,19,20);1H. The van der Waals surface area contributed by atoms with Crippen LogP contribution >= 0.6 is 24.0 Å². The van der Waals surface area contributed by atoms with Crippen molar-refractivity contribution in [3.05, 3.63) is 0 Å². The van der Waals surface area contributed by atoms with Crippen LogP contribution < -0.4 is 5.32 Å². The Balaban J connectivity index is 0.00000338. The molecule has 0 aliphatic carbocycles. The molecule has 0 spiro atoms. The normalized spacial score (nSPS) is 26.2. The Morgan fingerprint density at radius 3 is 2.38 bits per heavy atom. The number of sulfonamides is 1. The van der Waals surface area contributed by atoms with Gasteiger partial charge in [0.25, 0.3) is 10.0 Å². The maximum absolute atomic E-state index is 12.6. The lowest BCUT2D eigenvalue weighted by atomic mass is 9.87. The average molecular weight is 508 g/mol. The summed E-state index contributed by atoms with van der Waals surface area (Å²) in [6, 6.07) is 0. The highest BCUT2D eigenvalue weighted by atomic mass is 127. The number of alkyl halides is 2. The van der Waals surface area contributed by atoms with Gasteiger partial charge in [0.1, 0.15) is 0 Å². The summed E-state index contributed by atoms with van der Waals surface area (Å²) in [6.45, 7) is 7.47. The van der Waals surface area contributed by atoms with Crippen molar-refractivity contribution in [3.63, 3.8) is 0 Å². The second kappa shape index (κ2) is 9.81. The van der Waals surface area contributed by atoms with E-state index >= 15 is 0 Å². The van der Waals surface area contributed by atoms with Gasteiger partial charge >= 0.3 is 5.76 Å². The molecule has 2 aliphatic rings. The SMILES string of the molecule is CCC1(C)CCN(C(=NC)NCC2CCN(S(=O)(=O)C(F)F)CC2)C1.I. The molecule has 2 fully saturated rings. The molecule has 1 N–H and O–H groups in total. The van der Waals surface area contributed by atoms with E-state index in [1.807, 2.05) is 0 Å². The summed E-state index contributed by atoms with van der Waals surface area (Å²) in [5.74, 6) is -2.19. The van der Waals surface area contributed by atoms with Crippen LogP contribution in [0.1, 0.15) is 39.5 Å². The van der Waals surface area contributed by atoms with Crippen LogP contribution in [0.25, 0.3) is 0 Å². The number of nitrogens with one attached hydrogen (secondary N) is 1. The third kappa shape index (κ3) is 5.63. The predicted octanol–water partition coefficient (Wildman–Crippen LogP) is 2.57. The van der Waals surface area contributed by atoms with E-state index in [1.54, 1.807) is 7.05 Å². The second-order valence-corrected chi connectivity index (χ2v) is 9.31. The number of hydrogen-bond acceptors (Lipinski definition) is 3. The Kier molecular flexibility index (Phi) is 8.98. The van der Waals surface area contributed by atoms with Crippen molar-refractivity contribution in [3.8, 4) is 0 Å². The lowest BCUT2D eigenvalue weighted by Gasteiger charge is -2.32. The number of guanidine groups is 1. The van der Waals surface area contributed by atoms with Gasteiger partial charge in [0.05, 0.1) is 0 Å². The van der Waals surface area contributed by atoms with Crippen molar-refractivity contribution < 1.29 is 17.2 Å². The summed E-state index contributed by atoms with van der Waals surface area (Å²) in [6.07, 6.45) is 3.46. The van der Waals surface area contributed by atoms with E-state index in [9.17, 15) is 17.2 Å². The Labute approximate surface area is 172 Å². The first-order valence-corrected chi connectivity index (χ1v) is 10.4. The summed E-state index contributed by atoms with van der Waals surface area (Å²) >= 11 is 0. The van der Waals surface area contributed by atoms with Gasteiger partial charge < -0.3 is 10.2 Å². The summed E-state index contributed by atoms with van der Waals surface area (Å²) in [7, 11) is -2.68. The maximum atomic E-state index is 12.6. The first-order chi connectivity index (χ1) is 11.7. The van der Waals surface area contributed by atoms with Crippen molar-refractivity contribution in [2.24, 2.45) is 16.3 Å². The molecule has 10 heteroatoms. The van der Waals surface area contributed by atoms with Gasteiger partial charge in [-0.15, -0.1) is 24.0 Å². The molecule has 0 saturated carbocycles. The topological polar surface area (TPSA) is 65.0 Å². The number of halogens is 3. The van der Waals surface area contributed by atoms with Crippen LogP contribution in [-0.2, 0) is 10.0 Å². The largest absolute Gasteiger partial charge is 0.356 e. The van der Waals surface area contributed by atoms with Gasteiger partial charge in [0, 0.05) is 39.8 Å². The number of aliphatic imine (C=N–C) groups is 1. The number of rotatable bonds is 5. The Hall–Kier alpha value is -0.230. The maximum Gasteiger partial charge on any atom is 0.350 e. The van der Waals surface area contributed by atoms with Crippen molar-refractivity contribution in [2.75, 3.05) is 39.8 Å². The highest BCUT2D eigenvalue weighted by Crippen LogP contribution is 2.33. The molecule has 1 unspecified atom stereocenters. The molecule has 1 atom stereocenters. The molecule has 26 heavy (non-hydrogen) atoms. The van der Waals surface area contributed by atoms with Crippen LogP contribution in [0.15, 0.2) is 4.99 Å². The van der Waals surface area contributed by atoms with E-state index in [1.165, 1.54) is 0 Å². The summed E-state index contributed by atoms with van der Waals surface area (Å²) < 4.78 is 49.1. The highest BCUT2D eigenvalue weighted by Gasteiger charge is 2.36. The zero-order valence-corrected chi connectivity index (χ0v) is 18.9. The van der Waals surface area contributed by atoms with Crippen LogP contribution in [0, 0.1) is 11.3 Å². The smallest absolute Gasteiger partial charge is 0.350 e. The number of piperidine rings is 1. The molecule has 154 valence electrons. The van der Waals surface area contributed by atoms with E-state index in [-0.39, 0.29) is 43.0 Å². The molecule has 0 radical (unpaired) electrons. The average Bonchev–Trinajstić information content (AvgIpc) is 2.99. The molecular weight excluding hydrogens is 477 g/mol. The van der Waals surface area contributed by atoms with E-state index in [0.717, 1.165) is 36.2 Å². The Bertz CT molecular complexity index is 583. The lowest BCUT2D eigenvalue weighted by molar-refractivity contribution is 0.203. The van der Waals surface area contributed by atoms with Crippen LogP contribution in [0.3, 0.4) is 0 Å². The molecule has 2 heterocycles. The first-order valence-electron chi connectivity index (χ1n) is 8.94. The molecule has 2 saturated heterocycles. The van der Waals surface area contributed by atoms with Gasteiger partial charge in [-0.1, -0.05) is 13.8 Å². The fraction of sp³-hybridized carbons (Fsp3) is 0.938. The fourth-order valence-corrected chi connectivity index (χ4v) is 4.49. The van der Waals surface area contributed by atoms with Gasteiger partial charge in [0.2, 0.25) is 0 Å². The third-order valence-electron chi connectivity index (χ3n) is 5.63.